The third-order valence-electron chi connectivity index (χ3n) is 5.67. The first-order chi connectivity index (χ1) is 11.6. The average Bonchev–Trinajstić information content (AvgIpc) is 3.22. The maximum absolute atomic E-state index is 13.0. The summed E-state index contributed by atoms with van der Waals surface area (Å²) in [5.74, 6) is 0.263. The molecule has 1 aliphatic heterocycles. The molecular formula is C19H28ClN3O2. The lowest BCUT2D eigenvalue weighted by molar-refractivity contribution is -0.130. The summed E-state index contributed by atoms with van der Waals surface area (Å²) in [5.41, 5.74) is 5.69. The van der Waals surface area contributed by atoms with Gasteiger partial charge in [0.1, 0.15) is 5.54 Å². The van der Waals surface area contributed by atoms with Crippen molar-refractivity contribution in [3.05, 3.63) is 35.9 Å². The Hall–Kier alpha value is -1.59. The molecule has 0 aromatic heterocycles. The number of nitrogens with two attached hydrogens (primary N) is 1. The van der Waals surface area contributed by atoms with Crippen LogP contribution in [0.25, 0.3) is 0 Å². The van der Waals surface area contributed by atoms with Crippen LogP contribution in [-0.4, -0.2) is 41.4 Å². The minimum absolute atomic E-state index is 0. The van der Waals surface area contributed by atoms with Crippen molar-refractivity contribution < 1.29 is 9.59 Å². The van der Waals surface area contributed by atoms with Crippen LogP contribution in [0.5, 0.6) is 0 Å². The molecule has 3 atom stereocenters. The number of hydrogen-bond acceptors (Lipinski definition) is 3. The second kappa shape index (κ2) is 8.19. The van der Waals surface area contributed by atoms with Crippen molar-refractivity contribution in [1.29, 1.82) is 0 Å². The summed E-state index contributed by atoms with van der Waals surface area (Å²) < 4.78 is 0. The van der Waals surface area contributed by atoms with Gasteiger partial charge < -0.3 is 16.0 Å². The van der Waals surface area contributed by atoms with E-state index < -0.39 is 5.54 Å². The molecule has 1 saturated heterocycles. The normalized spacial score (nSPS) is 28.5. The van der Waals surface area contributed by atoms with Crippen LogP contribution < -0.4 is 11.1 Å². The lowest BCUT2D eigenvalue weighted by Gasteiger charge is -2.35. The van der Waals surface area contributed by atoms with Crippen LogP contribution in [0.4, 0.5) is 0 Å². The minimum atomic E-state index is -0.769. The van der Waals surface area contributed by atoms with E-state index in [9.17, 15) is 9.59 Å². The van der Waals surface area contributed by atoms with Crippen LogP contribution in [0.3, 0.4) is 0 Å². The molecule has 5 nitrogen and oxygen atoms in total. The van der Waals surface area contributed by atoms with Crippen LogP contribution in [0.2, 0.25) is 0 Å². The van der Waals surface area contributed by atoms with Crippen LogP contribution >= 0.6 is 12.4 Å². The van der Waals surface area contributed by atoms with Crippen LogP contribution in [0.1, 0.15) is 49.4 Å². The van der Waals surface area contributed by atoms with Crippen LogP contribution in [-0.2, 0) is 4.79 Å². The SMILES string of the molecule is CC1(C(=O)NC2CCCC2CN)CCCN1C(=O)c1ccccc1.Cl. The Kier molecular flexibility index (Phi) is 6.47. The number of carbonyl (C=O) groups excluding carboxylic acids is 2. The number of likely N-dealkylation sites (tertiary alicyclic amines) is 1. The molecule has 3 rings (SSSR count). The number of rotatable bonds is 4. The van der Waals surface area contributed by atoms with Gasteiger partial charge in [-0.15, -0.1) is 12.4 Å². The molecule has 1 aliphatic carbocycles. The predicted molar refractivity (Wildman–Crippen MR) is 101 cm³/mol. The highest BCUT2D eigenvalue weighted by Gasteiger charge is 2.46. The molecular weight excluding hydrogens is 338 g/mol. The zero-order valence-corrected chi connectivity index (χ0v) is 15.6. The molecule has 1 heterocycles. The summed E-state index contributed by atoms with van der Waals surface area (Å²) in [6.07, 6.45) is 4.72. The fourth-order valence-corrected chi connectivity index (χ4v) is 4.09. The van der Waals surface area contributed by atoms with Gasteiger partial charge in [-0.2, -0.15) is 0 Å². The molecule has 3 N–H and O–H groups in total. The topological polar surface area (TPSA) is 75.4 Å². The smallest absolute Gasteiger partial charge is 0.254 e. The first-order valence-corrected chi connectivity index (χ1v) is 8.94. The van der Waals surface area contributed by atoms with Gasteiger partial charge in [-0.05, 0) is 57.2 Å². The standard InChI is InChI=1S/C19H27N3O2.ClH/c1-19(18(24)21-16-10-5-9-15(16)13-20)11-6-12-22(19)17(23)14-7-3-2-4-8-14;/h2-4,7-8,15-16H,5-6,9-13,20H2,1H3,(H,21,24);1H. The van der Waals surface area contributed by atoms with E-state index in [1.54, 1.807) is 17.0 Å². The highest BCUT2D eigenvalue weighted by atomic mass is 35.5. The van der Waals surface area contributed by atoms with Gasteiger partial charge in [0.2, 0.25) is 5.91 Å². The second-order valence-corrected chi connectivity index (χ2v) is 7.21. The van der Waals surface area contributed by atoms with E-state index in [1.165, 1.54) is 0 Å². The first-order valence-electron chi connectivity index (χ1n) is 8.94. The zero-order chi connectivity index (χ0) is 17.2. The maximum Gasteiger partial charge on any atom is 0.254 e. The maximum atomic E-state index is 13.0. The van der Waals surface area contributed by atoms with E-state index in [0.29, 0.717) is 31.0 Å². The molecule has 2 aliphatic rings. The molecule has 2 fully saturated rings. The van der Waals surface area contributed by atoms with Gasteiger partial charge in [0.25, 0.3) is 5.91 Å². The highest BCUT2D eigenvalue weighted by molar-refractivity contribution is 5.99. The average molecular weight is 366 g/mol. The second-order valence-electron chi connectivity index (χ2n) is 7.21. The first kappa shape index (κ1) is 19.7. The van der Waals surface area contributed by atoms with E-state index in [4.69, 9.17) is 5.73 Å². The minimum Gasteiger partial charge on any atom is -0.351 e. The number of nitrogens with zero attached hydrogens (tertiary/aromatic N) is 1. The highest BCUT2D eigenvalue weighted by Crippen LogP contribution is 2.32. The van der Waals surface area contributed by atoms with Gasteiger partial charge in [-0.25, -0.2) is 0 Å². The summed E-state index contributed by atoms with van der Waals surface area (Å²) in [5, 5.41) is 3.19. The van der Waals surface area contributed by atoms with Gasteiger partial charge in [0.15, 0.2) is 0 Å². The van der Waals surface area contributed by atoms with Gasteiger partial charge in [-0.1, -0.05) is 24.6 Å². The Bertz CT molecular complexity index is 610. The van der Waals surface area contributed by atoms with Crippen molar-refractivity contribution >= 4 is 24.2 Å². The third-order valence-corrected chi connectivity index (χ3v) is 5.67. The molecule has 138 valence electrons. The largest absolute Gasteiger partial charge is 0.351 e. The van der Waals surface area contributed by atoms with E-state index >= 15 is 0 Å². The Morgan fingerprint density at radius 2 is 1.96 bits per heavy atom. The summed E-state index contributed by atoms with van der Waals surface area (Å²) in [4.78, 5) is 27.6. The van der Waals surface area contributed by atoms with Crippen molar-refractivity contribution in [2.75, 3.05) is 13.1 Å². The number of amides is 2. The Balaban J connectivity index is 0.00000225. The summed E-state index contributed by atoms with van der Waals surface area (Å²) >= 11 is 0. The monoisotopic (exact) mass is 365 g/mol. The number of hydrogen-bond donors (Lipinski definition) is 2. The van der Waals surface area contributed by atoms with E-state index in [0.717, 1.165) is 25.7 Å². The predicted octanol–water partition coefficient (Wildman–Crippen LogP) is 2.35. The Labute approximate surface area is 155 Å². The fraction of sp³-hybridized carbons (Fsp3) is 0.579. The third kappa shape index (κ3) is 3.82. The molecule has 1 aromatic carbocycles. The van der Waals surface area contributed by atoms with Crippen LogP contribution in [0, 0.1) is 5.92 Å². The number of carbonyl (C=O) groups is 2. The molecule has 0 bridgehead atoms. The molecule has 1 saturated carbocycles. The molecule has 6 heteroatoms. The molecule has 0 spiro atoms. The summed E-state index contributed by atoms with van der Waals surface area (Å²) in [6, 6.07) is 9.35. The Morgan fingerprint density at radius 1 is 1.24 bits per heavy atom. The number of halogens is 1. The number of benzene rings is 1. The van der Waals surface area contributed by atoms with Gasteiger partial charge in [0.05, 0.1) is 0 Å². The van der Waals surface area contributed by atoms with Gasteiger partial charge in [-0.3, -0.25) is 9.59 Å². The lowest BCUT2D eigenvalue weighted by atomic mass is 9.95. The van der Waals surface area contributed by atoms with E-state index in [2.05, 4.69) is 5.32 Å². The van der Waals surface area contributed by atoms with Crippen LogP contribution in [0.15, 0.2) is 30.3 Å². The lowest BCUT2D eigenvalue weighted by Crippen LogP contribution is -2.57. The molecule has 25 heavy (non-hydrogen) atoms. The molecule has 1 aromatic rings. The van der Waals surface area contributed by atoms with Crippen molar-refractivity contribution in [2.24, 2.45) is 11.7 Å². The van der Waals surface area contributed by atoms with Gasteiger partial charge in [0, 0.05) is 18.2 Å². The summed E-state index contributed by atoms with van der Waals surface area (Å²) in [7, 11) is 0. The fourth-order valence-electron chi connectivity index (χ4n) is 4.09. The van der Waals surface area contributed by atoms with Gasteiger partial charge >= 0.3 is 0 Å². The summed E-state index contributed by atoms with van der Waals surface area (Å²) in [6.45, 7) is 3.12. The quantitative estimate of drug-likeness (QED) is 0.859. The molecule has 2 amide bonds. The van der Waals surface area contributed by atoms with E-state index in [-0.39, 0.29) is 30.3 Å². The van der Waals surface area contributed by atoms with E-state index in [1.807, 2.05) is 25.1 Å². The van der Waals surface area contributed by atoms with Crippen molar-refractivity contribution in [3.63, 3.8) is 0 Å². The number of nitrogens with one attached hydrogen (secondary N) is 1. The Morgan fingerprint density at radius 3 is 2.64 bits per heavy atom. The molecule has 0 radical (unpaired) electrons. The zero-order valence-electron chi connectivity index (χ0n) is 14.7. The molecule has 3 unspecified atom stereocenters. The van der Waals surface area contributed by atoms with Crippen molar-refractivity contribution in [3.8, 4) is 0 Å². The van der Waals surface area contributed by atoms with Crippen molar-refractivity contribution in [2.45, 2.75) is 50.6 Å². The van der Waals surface area contributed by atoms with Crippen molar-refractivity contribution in [1.82, 2.24) is 10.2 Å².